The first-order valence-electron chi connectivity index (χ1n) is 14.4. The van der Waals surface area contributed by atoms with Crippen molar-refractivity contribution in [2.45, 2.75) is 57.2 Å². The summed E-state index contributed by atoms with van der Waals surface area (Å²) in [6.45, 7) is 2.13. The average Bonchev–Trinajstić information content (AvgIpc) is 3.53. The number of carbonyl (C=O) groups excluding carboxylic acids is 4. The number of carbonyl (C=O) groups is 4. The molecule has 12 nitrogen and oxygen atoms in total. The Kier molecular flexibility index (Phi) is 11.1. The molecule has 44 heavy (non-hydrogen) atoms. The summed E-state index contributed by atoms with van der Waals surface area (Å²) in [5.74, 6) is -2.04. The average molecular weight is 624 g/mol. The predicted octanol–water partition coefficient (Wildman–Crippen LogP) is 2.87. The molecule has 0 saturated carbocycles. The minimum absolute atomic E-state index is 0.0345. The van der Waals surface area contributed by atoms with Crippen molar-refractivity contribution in [1.29, 1.82) is 0 Å². The number of aromatic hydroxyl groups is 1. The van der Waals surface area contributed by atoms with Crippen LogP contribution < -0.4 is 30.7 Å². The SMILES string of the molecule is CC[C@H]1NC(=O)[C@@H](NC(=O)c2cc(OC)c(O)c(OC)c2)CCCCNC(=O)c2csc(n2)[C@H](Cc2ccccc2)NC1=O. The zero-order chi connectivity index (χ0) is 31.6. The zero-order valence-electron chi connectivity index (χ0n) is 24.8. The van der Waals surface area contributed by atoms with Crippen LogP contribution in [-0.4, -0.2) is 66.6 Å². The Morgan fingerprint density at radius 3 is 2.36 bits per heavy atom. The standard InChI is InChI=1S/C31H37N5O7S/c1-4-20-29(40)35-22(14-18-10-6-5-7-11-18)31-36-23(17-44-31)28(39)32-13-9-8-12-21(30(41)33-20)34-27(38)19-15-24(42-2)26(37)25(16-19)43-3/h5-7,10-11,15-17,20-22,37H,4,8-9,12-14H2,1-3H3,(H,32,39)(H,33,41)(H,34,38)(H,35,40)/t20-,21+,22+/m1/s1. The molecule has 1 aliphatic rings. The third-order valence-electron chi connectivity index (χ3n) is 7.26. The highest BCUT2D eigenvalue weighted by Crippen LogP contribution is 2.37. The normalized spacial score (nSPS) is 19.7. The molecule has 3 aromatic rings. The number of methoxy groups -OCH3 is 2. The summed E-state index contributed by atoms with van der Waals surface area (Å²) in [4.78, 5) is 57.7. The Morgan fingerprint density at radius 2 is 1.70 bits per heavy atom. The van der Waals surface area contributed by atoms with E-state index in [0.717, 1.165) is 5.56 Å². The van der Waals surface area contributed by atoms with Gasteiger partial charge in [0, 0.05) is 17.5 Å². The fourth-order valence-corrected chi connectivity index (χ4v) is 5.65. The number of benzene rings is 2. The quantitative estimate of drug-likeness (QED) is 0.268. The van der Waals surface area contributed by atoms with Crippen molar-refractivity contribution >= 4 is 35.0 Å². The smallest absolute Gasteiger partial charge is 0.270 e. The van der Waals surface area contributed by atoms with E-state index in [1.54, 1.807) is 12.3 Å². The second kappa shape index (κ2) is 15.2. The molecule has 0 radical (unpaired) electrons. The topological polar surface area (TPSA) is 168 Å². The largest absolute Gasteiger partial charge is 0.502 e. The number of phenols is 1. The van der Waals surface area contributed by atoms with Gasteiger partial charge in [0.1, 0.15) is 22.8 Å². The van der Waals surface area contributed by atoms with Crippen LogP contribution in [0.4, 0.5) is 0 Å². The Morgan fingerprint density at radius 1 is 1.02 bits per heavy atom. The molecule has 13 heteroatoms. The molecule has 2 aromatic carbocycles. The molecule has 3 atom stereocenters. The van der Waals surface area contributed by atoms with E-state index in [1.807, 2.05) is 30.3 Å². The highest BCUT2D eigenvalue weighted by Gasteiger charge is 2.29. The fraction of sp³-hybridized carbons (Fsp3) is 0.387. The van der Waals surface area contributed by atoms with Crippen LogP contribution in [0.3, 0.4) is 0 Å². The van der Waals surface area contributed by atoms with Gasteiger partial charge in [-0.1, -0.05) is 37.3 Å². The van der Waals surface area contributed by atoms with Crippen molar-refractivity contribution < 1.29 is 33.8 Å². The summed E-state index contributed by atoms with van der Waals surface area (Å²) >= 11 is 1.29. The number of fused-ring (bicyclic) bond motifs is 2. The molecule has 0 spiro atoms. The first-order valence-corrected chi connectivity index (χ1v) is 15.3. The molecule has 0 unspecified atom stereocenters. The van der Waals surface area contributed by atoms with E-state index in [-0.39, 0.29) is 40.8 Å². The summed E-state index contributed by atoms with van der Waals surface area (Å²) in [5.41, 5.74) is 1.35. The van der Waals surface area contributed by atoms with E-state index in [1.165, 1.54) is 37.7 Å². The van der Waals surface area contributed by atoms with Gasteiger partial charge in [-0.3, -0.25) is 19.2 Å². The zero-order valence-corrected chi connectivity index (χ0v) is 25.7. The summed E-state index contributed by atoms with van der Waals surface area (Å²) in [7, 11) is 2.69. The monoisotopic (exact) mass is 623 g/mol. The molecule has 4 amide bonds. The van der Waals surface area contributed by atoms with Crippen LogP contribution in [0.5, 0.6) is 17.2 Å². The summed E-state index contributed by atoms with van der Waals surface area (Å²) in [5, 5.41) is 23.9. The number of ether oxygens (including phenoxy) is 2. The molecule has 234 valence electrons. The van der Waals surface area contributed by atoms with Gasteiger partial charge in [-0.05, 0) is 49.8 Å². The van der Waals surface area contributed by atoms with Crippen LogP contribution in [0.2, 0.25) is 0 Å². The minimum atomic E-state index is -0.988. The summed E-state index contributed by atoms with van der Waals surface area (Å²) in [6, 6.07) is 9.87. The lowest BCUT2D eigenvalue weighted by Crippen LogP contribution is -2.54. The summed E-state index contributed by atoms with van der Waals surface area (Å²) in [6.07, 6.45) is 2.01. The van der Waals surface area contributed by atoms with Crippen LogP contribution in [-0.2, 0) is 16.0 Å². The first kappa shape index (κ1) is 32.3. The maximum Gasteiger partial charge on any atom is 0.270 e. The van der Waals surface area contributed by atoms with Gasteiger partial charge < -0.3 is 35.8 Å². The van der Waals surface area contributed by atoms with Gasteiger partial charge in [-0.2, -0.15) is 0 Å². The van der Waals surface area contributed by atoms with Crippen molar-refractivity contribution in [3.05, 3.63) is 69.7 Å². The van der Waals surface area contributed by atoms with Crippen molar-refractivity contribution in [1.82, 2.24) is 26.3 Å². The molecular weight excluding hydrogens is 586 g/mol. The summed E-state index contributed by atoms with van der Waals surface area (Å²) < 4.78 is 10.3. The van der Waals surface area contributed by atoms with Crippen LogP contribution in [0.25, 0.3) is 0 Å². The van der Waals surface area contributed by atoms with Crippen LogP contribution in [0, 0.1) is 0 Å². The number of aromatic nitrogens is 1. The molecular formula is C31H37N5O7S. The van der Waals surface area contributed by atoms with Gasteiger partial charge in [0.15, 0.2) is 11.5 Å². The second-order valence-electron chi connectivity index (χ2n) is 10.3. The Labute approximate surface area is 259 Å². The highest BCUT2D eigenvalue weighted by atomic mass is 32.1. The van der Waals surface area contributed by atoms with Gasteiger partial charge in [0.25, 0.3) is 11.8 Å². The second-order valence-corrected chi connectivity index (χ2v) is 11.2. The number of nitrogens with zero attached hydrogens (tertiary/aromatic N) is 1. The number of rotatable bonds is 7. The van der Waals surface area contributed by atoms with E-state index in [9.17, 15) is 24.3 Å². The Balaban J connectivity index is 1.58. The lowest BCUT2D eigenvalue weighted by Gasteiger charge is -2.25. The van der Waals surface area contributed by atoms with Crippen LogP contribution in [0.1, 0.15) is 70.1 Å². The van der Waals surface area contributed by atoms with E-state index < -0.39 is 35.8 Å². The molecule has 0 fully saturated rings. The van der Waals surface area contributed by atoms with Gasteiger partial charge >= 0.3 is 0 Å². The van der Waals surface area contributed by atoms with Crippen LogP contribution >= 0.6 is 11.3 Å². The van der Waals surface area contributed by atoms with Gasteiger partial charge in [0.2, 0.25) is 17.6 Å². The molecule has 0 saturated heterocycles. The molecule has 0 aliphatic carbocycles. The van der Waals surface area contributed by atoms with Crippen LogP contribution in [0.15, 0.2) is 47.8 Å². The van der Waals surface area contributed by atoms with Gasteiger partial charge in [-0.15, -0.1) is 11.3 Å². The van der Waals surface area contributed by atoms with Gasteiger partial charge in [0.05, 0.1) is 20.3 Å². The van der Waals surface area contributed by atoms with Crippen molar-refractivity contribution in [3.63, 3.8) is 0 Å². The number of amides is 4. The maximum absolute atomic E-state index is 13.5. The third-order valence-corrected chi connectivity index (χ3v) is 8.22. The number of hydrogen-bond acceptors (Lipinski definition) is 9. The van der Waals surface area contributed by atoms with Crippen molar-refractivity contribution in [2.75, 3.05) is 20.8 Å². The molecule has 4 rings (SSSR count). The third kappa shape index (κ3) is 8.04. The lowest BCUT2D eigenvalue weighted by atomic mass is 10.0. The number of thiazole rings is 1. The molecule has 1 aliphatic heterocycles. The Hall–Kier alpha value is -4.65. The van der Waals surface area contributed by atoms with E-state index in [0.29, 0.717) is 37.2 Å². The fourth-order valence-electron chi connectivity index (χ4n) is 4.80. The van der Waals surface area contributed by atoms with Crippen molar-refractivity contribution in [3.8, 4) is 17.2 Å². The first-order chi connectivity index (χ1) is 21.2. The van der Waals surface area contributed by atoms with E-state index in [4.69, 9.17) is 9.47 Å². The number of phenolic OH excluding ortho intramolecular Hbond substituents is 1. The predicted molar refractivity (Wildman–Crippen MR) is 164 cm³/mol. The maximum atomic E-state index is 13.5. The van der Waals surface area contributed by atoms with E-state index in [2.05, 4.69) is 26.3 Å². The van der Waals surface area contributed by atoms with Gasteiger partial charge in [-0.25, -0.2) is 4.98 Å². The molecule has 5 N–H and O–H groups in total. The Bertz CT molecular complexity index is 1450. The molecule has 2 bridgehead atoms. The lowest BCUT2D eigenvalue weighted by molar-refractivity contribution is -0.130. The molecule has 2 heterocycles. The number of hydrogen-bond donors (Lipinski definition) is 5. The van der Waals surface area contributed by atoms with Crippen molar-refractivity contribution in [2.24, 2.45) is 0 Å². The highest BCUT2D eigenvalue weighted by molar-refractivity contribution is 7.09. The number of nitrogens with one attached hydrogen (secondary N) is 4. The van der Waals surface area contributed by atoms with E-state index >= 15 is 0 Å². The minimum Gasteiger partial charge on any atom is -0.502 e. The molecule has 1 aromatic heterocycles.